The van der Waals surface area contributed by atoms with Crippen molar-refractivity contribution in [1.29, 1.82) is 0 Å². The molecule has 2 saturated heterocycles. The van der Waals surface area contributed by atoms with Crippen LogP contribution in [0.2, 0.25) is 0 Å². The molecule has 3 rings (SSSR count). The molecule has 0 bridgehead atoms. The molecule has 6 nitrogen and oxygen atoms in total. The van der Waals surface area contributed by atoms with Gasteiger partial charge in [-0.2, -0.15) is 0 Å². The van der Waals surface area contributed by atoms with Crippen molar-refractivity contribution in [2.24, 2.45) is 5.92 Å². The van der Waals surface area contributed by atoms with Gasteiger partial charge in [-0.3, -0.25) is 14.2 Å². The molecule has 0 aliphatic carbocycles. The number of hydrogen-bond donors (Lipinski definition) is 0. The molecule has 0 N–H and O–H groups in total. The lowest BCUT2D eigenvalue weighted by Gasteiger charge is -2.33. The third-order valence-corrected chi connectivity index (χ3v) is 5.14. The van der Waals surface area contributed by atoms with Crippen LogP contribution >= 0.6 is 0 Å². The number of hydrogen-bond acceptors (Lipinski definition) is 4. The van der Waals surface area contributed by atoms with Gasteiger partial charge < -0.3 is 9.80 Å². The Morgan fingerprint density at radius 2 is 1.92 bits per heavy atom. The van der Waals surface area contributed by atoms with Crippen molar-refractivity contribution in [3.05, 3.63) is 28.4 Å². The molecule has 0 radical (unpaired) electrons. The summed E-state index contributed by atoms with van der Waals surface area (Å²) >= 11 is 0. The van der Waals surface area contributed by atoms with E-state index in [1.54, 1.807) is 0 Å². The van der Waals surface area contributed by atoms with Crippen LogP contribution in [0.15, 0.2) is 17.2 Å². The van der Waals surface area contributed by atoms with E-state index in [-0.39, 0.29) is 5.91 Å². The summed E-state index contributed by atoms with van der Waals surface area (Å²) < 4.78 is 26.5. The van der Waals surface area contributed by atoms with E-state index >= 15 is 0 Å². The maximum atomic E-state index is 12.5. The predicted octanol–water partition coefficient (Wildman–Crippen LogP) is 1.52. The predicted molar refractivity (Wildman–Crippen MR) is 88.4 cm³/mol. The van der Waals surface area contributed by atoms with Gasteiger partial charge in [0.05, 0.1) is 6.33 Å². The summed E-state index contributed by atoms with van der Waals surface area (Å²) in [5.74, 6) is 0.607. The lowest BCUT2D eigenvalue weighted by molar-refractivity contribution is -0.127. The van der Waals surface area contributed by atoms with Gasteiger partial charge in [-0.25, -0.2) is 13.8 Å². The molecular formula is C17H24F2N4O2. The number of halogens is 2. The Labute approximate surface area is 145 Å². The highest BCUT2D eigenvalue weighted by molar-refractivity contribution is 5.78. The van der Waals surface area contributed by atoms with Crippen LogP contribution in [-0.2, 0) is 11.3 Å². The molecular weight excluding hydrogens is 330 g/mol. The third-order valence-electron chi connectivity index (χ3n) is 5.14. The first-order chi connectivity index (χ1) is 12.0. The minimum atomic E-state index is -2.71. The summed E-state index contributed by atoms with van der Waals surface area (Å²) in [6, 6.07) is 0.923. The quantitative estimate of drug-likeness (QED) is 0.777. The number of amides is 1. The van der Waals surface area contributed by atoms with Crippen molar-refractivity contribution in [3.63, 3.8) is 0 Å². The Bertz CT molecular complexity index is 656. The van der Waals surface area contributed by atoms with Crippen LogP contribution < -0.4 is 5.56 Å². The fourth-order valence-corrected chi connectivity index (χ4v) is 3.57. The highest BCUT2D eigenvalue weighted by Gasteiger charge is 2.23. The van der Waals surface area contributed by atoms with Crippen molar-refractivity contribution in [2.75, 3.05) is 32.7 Å². The van der Waals surface area contributed by atoms with Crippen LogP contribution in [-0.4, -0.2) is 58.0 Å². The molecule has 0 saturated carbocycles. The van der Waals surface area contributed by atoms with Gasteiger partial charge >= 0.3 is 0 Å². The normalized spacial score (nSPS) is 20.0. The number of aromatic nitrogens is 2. The van der Waals surface area contributed by atoms with Gasteiger partial charge in [0.25, 0.3) is 12.0 Å². The highest BCUT2D eigenvalue weighted by Crippen LogP contribution is 2.19. The average molecular weight is 354 g/mol. The second-order valence-electron chi connectivity index (χ2n) is 6.87. The van der Waals surface area contributed by atoms with Crippen LogP contribution in [0.5, 0.6) is 0 Å². The first kappa shape index (κ1) is 18.0. The average Bonchev–Trinajstić information content (AvgIpc) is 3.01. The maximum absolute atomic E-state index is 12.5. The maximum Gasteiger partial charge on any atom is 0.280 e. The number of rotatable bonds is 6. The Morgan fingerprint density at radius 3 is 2.52 bits per heavy atom. The van der Waals surface area contributed by atoms with Crippen molar-refractivity contribution in [1.82, 2.24) is 19.4 Å². The number of carbonyl (C=O) groups is 1. The van der Waals surface area contributed by atoms with Gasteiger partial charge in [-0.05, 0) is 38.3 Å². The molecule has 0 unspecified atom stereocenters. The first-order valence-corrected chi connectivity index (χ1v) is 8.87. The summed E-state index contributed by atoms with van der Waals surface area (Å²) in [5.41, 5.74) is -0.882. The largest absolute Gasteiger partial charge is 0.341 e. The van der Waals surface area contributed by atoms with Gasteiger partial charge in [0.1, 0.15) is 5.69 Å². The molecule has 0 aromatic carbocycles. The van der Waals surface area contributed by atoms with E-state index in [4.69, 9.17) is 0 Å². The second kappa shape index (κ2) is 8.03. The Hall–Kier alpha value is -1.83. The number of nitrogens with zero attached hydrogens (tertiary/aromatic N) is 4. The molecule has 25 heavy (non-hydrogen) atoms. The second-order valence-corrected chi connectivity index (χ2v) is 6.87. The first-order valence-electron chi connectivity index (χ1n) is 8.87. The minimum Gasteiger partial charge on any atom is -0.341 e. The van der Waals surface area contributed by atoms with E-state index in [1.165, 1.54) is 10.9 Å². The molecule has 0 atom stereocenters. The van der Waals surface area contributed by atoms with Crippen molar-refractivity contribution >= 4 is 5.91 Å². The Morgan fingerprint density at radius 1 is 1.16 bits per heavy atom. The lowest BCUT2D eigenvalue weighted by atomic mass is 9.96. The van der Waals surface area contributed by atoms with Gasteiger partial charge in [0.15, 0.2) is 0 Å². The standard InChI is InChI=1S/C17H24F2N4O2/c18-17(19)14-10-16(25)23(12-20-14)11-13-3-6-21(7-4-13)8-9-22-5-1-2-15(22)24/h10,12-13,17H,1-9,11H2. The van der Waals surface area contributed by atoms with Crippen LogP contribution in [0.1, 0.15) is 37.8 Å². The van der Waals surface area contributed by atoms with Crippen LogP contribution in [0.4, 0.5) is 8.78 Å². The summed E-state index contributed by atoms with van der Waals surface area (Å²) in [6.45, 7) is 4.95. The van der Waals surface area contributed by atoms with Crippen LogP contribution in [0.3, 0.4) is 0 Å². The molecule has 138 valence electrons. The minimum absolute atomic E-state index is 0.258. The fraction of sp³-hybridized carbons (Fsp3) is 0.706. The zero-order valence-corrected chi connectivity index (χ0v) is 14.2. The molecule has 0 spiro atoms. The molecule has 1 aromatic heterocycles. The zero-order valence-electron chi connectivity index (χ0n) is 14.2. The molecule has 1 amide bonds. The van der Waals surface area contributed by atoms with Crippen molar-refractivity contribution in [2.45, 2.75) is 38.7 Å². The number of piperidine rings is 1. The summed E-state index contributed by atoms with van der Waals surface area (Å²) in [6.07, 6.45) is 2.07. The molecule has 8 heteroatoms. The molecule has 3 heterocycles. The Kier molecular flexibility index (Phi) is 5.78. The zero-order chi connectivity index (χ0) is 17.8. The monoisotopic (exact) mass is 354 g/mol. The molecule has 2 aliphatic heterocycles. The van der Waals surface area contributed by atoms with Gasteiger partial charge in [0.2, 0.25) is 5.91 Å². The van der Waals surface area contributed by atoms with Crippen molar-refractivity contribution in [3.8, 4) is 0 Å². The van der Waals surface area contributed by atoms with Gasteiger partial charge in [0, 0.05) is 38.7 Å². The van der Waals surface area contributed by atoms with E-state index in [2.05, 4.69) is 9.88 Å². The topological polar surface area (TPSA) is 58.4 Å². The summed E-state index contributed by atoms with van der Waals surface area (Å²) in [7, 11) is 0. The van der Waals surface area contributed by atoms with Crippen LogP contribution in [0, 0.1) is 5.92 Å². The summed E-state index contributed by atoms with van der Waals surface area (Å²) in [4.78, 5) is 31.5. The number of alkyl halides is 2. The van der Waals surface area contributed by atoms with E-state index in [9.17, 15) is 18.4 Å². The Balaban J connectivity index is 1.45. The van der Waals surface area contributed by atoms with Gasteiger partial charge in [-0.1, -0.05) is 0 Å². The number of carbonyl (C=O) groups excluding carboxylic acids is 1. The molecule has 2 aliphatic rings. The van der Waals surface area contributed by atoms with E-state index < -0.39 is 17.7 Å². The third kappa shape index (κ3) is 4.62. The van der Waals surface area contributed by atoms with E-state index in [0.717, 1.165) is 58.1 Å². The van der Waals surface area contributed by atoms with E-state index in [0.29, 0.717) is 18.9 Å². The SMILES string of the molecule is O=C1CCCN1CCN1CCC(Cn2cnc(C(F)F)cc2=O)CC1. The lowest BCUT2D eigenvalue weighted by Crippen LogP contribution is -2.41. The van der Waals surface area contributed by atoms with Crippen molar-refractivity contribution < 1.29 is 13.6 Å². The van der Waals surface area contributed by atoms with Gasteiger partial charge in [-0.15, -0.1) is 0 Å². The molecule has 2 fully saturated rings. The van der Waals surface area contributed by atoms with Crippen LogP contribution in [0.25, 0.3) is 0 Å². The highest BCUT2D eigenvalue weighted by atomic mass is 19.3. The molecule has 1 aromatic rings. The fourth-order valence-electron chi connectivity index (χ4n) is 3.57. The number of likely N-dealkylation sites (tertiary alicyclic amines) is 2. The smallest absolute Gasteiger partial charge is 0.280 e. The van der Waals surface area contributed by atoms with E-state index in [1.807, 2.05) is 4.90 Å². The summed E-state index contributed by atoms with van der Waals surface area (Å²) in [5, 5.41) is 0.